The molecule has 0 aromatic heterocycles. The number of rotatable bonds is 2. The third kappa shape index (κ3) is 2.06. The lowest BCUT2D eigenvalue weighted by Crippen LogP contribution is -2.07. The SMILES string of the molecule is O=C(O)Cc1c(F)c(F)cc(Br)c1F. The van der Waals surface area contributed by atoms with Crippen LogP contribution < -0.4 is 0 Å². The Balaban J connectivity index is 3.31. The van der Waals surface area contributed by atoms with Crippen LogP contribution in [0.2, 0.25) is 0 Å². The maximum atomic E-state index is 13.1. The number of benzene rings is 1. The topological polar surface area (TPSA) is 37.3 Å². The Bertz CT molecular complexity index is 366. The molecular weight excluding hydrogens is 265 g/mol. The van der Waals surface area contributed by atoms with E-state index in [9.17, 15) is 18.0 Å². The van der Waals surface area contributed by atoms with Gasteiger partial charge in [0.15, 0.2) is 11.6 Å². The molecular formula is C8H4BrF3O2. The fourth-order valence-electron chi connectivity index (χ4n) is 0.929. The van der Waals surface area contributed by atoms with Crippen molar-refractivity contribution in [2.75, 3.05) is 0 Å². The second kappa shape index (κ2) is 4.00. The molecule has 0 fully saturated rings. The highest BCUT2D eigenvalue weighted by atomic mass is 79.9. The molecule has 0 radical (unpaired) electrons. The van der Waals surface area contributed by atoms with Gasteiger partial charge in [0.25, 0.3) is 0 Å². The number of halogens is 4. The van der Waals surface area contributed by atoms with Crippen LogP contribution in [0.5, 0.6) is 0 Å². The predicted octanol–water partition coefficient (Wildman–Crippen LogP) is 2.49. The molecule has 0 saturated carbocycles. The van der Waals surface area contributed by atoms with E-state index < -0.39 is 35.4 Å². The zero-order valence-electron chi connectivity index (χ0n) is 6.65. The van der Waals surface area contributed by atoms with Crippen molar-refractivity contribution in [3.05, 3.63) is 33.6 Å². The van der Waals surface area contributed by atoms with Crippen LogP contribution in [-0.4, -0.2) is 11.1 Å². The minimum atomic E-state index is -1.46. The lowest BCUT2D eigenvalue weighted by atomic mass is 10.1. The summed E-state index contributed by atoms with van der Waals surface area (Å²) in [5.74, 6) is -5.27. The van der Waals surface area contributed by atoms with Crippen LogP contribution >= 0.6 is 15.9 Å². The minimum Gasteiger partial charge on any atom is -0.481 e. The average Bonchev–Trinajstić information content (AvgIpc) is 2.09. The molecule has 2 nitrogen and oxygen atoms in total. The highest BCUT2D eigenvalue weighted by Crippen LogP contribution is 2.24. The molecule has 6 heteroatoms. The van der Waals surface area contributed by atoms with E-state index in [1.54, 1.807) is 0 Å². The zero-order valence-corrected chi connectivity index (χ0v) is 8.24. The molecule has 1 aromatic carbocycles. The van der Waals surface area contributed by atoms with Gasteiger partial charge in [0.1, 0.15) is 5.82 Å². The minimum absolute atomic E-state index is 0.298. The molecule has 0 aliphatic heterocycles. The number of hydrogen-bond acceptors (Lipinski definition) is 1. The molecule has 0 unspecified atom stereocenters. The Morgan fingerprint density at radius 3 is 2.43 bits per heavy atom. The van der Waals surface area contributed by atoms with Gasteiger partial charge in [-0.15, -0.1) is 0 Å². The molecule has 0 saturated heterocycles. The number of carboxylic acid groups (broad SMARTS) is 1. The number of aliphatic carboxylic acids is 1. The van der Waals surface area contributed by atoms with E-state index in [4.69, 9.17) is 5.11 Å². The Kier molecular flexibility index (Phi) is 3.15. The summed E-state index contributed by atoms with van der Waals surface area (Å²) < 4.78 is 38.4. The normalized spacial score (nSPS) is 10.3. The van der Waals surface area contributed by atoms with Gasteiger partial charge in [-0.2, -0.15) is 0 Å². The lowest BCUT2D eigenvalue weighted by molar-refractivity contribution is -0.136. The van der Waals surface area contributed by atoms with Crippen LogP contribution in [0.15, 0.2) is 10.5 Å². The van der Waals surface area contributed by atoms with E-state index in [2.05, 4.69) is 15.9 Å². The quantitative estimate of drug-likeness (QED) is 0.837. The third-order valence-corrected chi connectivity index (χ3v) is 2.11. The van der Waals surface area contributed by atoms with E-state index in [1.165, 1.54) is 0 Å². The van der Waals surface area contributed by atoms with Crippen LogP contribution in [0.4, 0.5) is 13.2 Å². The maximum Gasteiger partial charge on any atom is 0.308 e. The standard InChI is InChI=1S/C8H4BrF3O2/c9-4-2-5(10)8(12)3(7(4)11)1-6(13)14/h2H,1H2,(H,13,14). The van der Waals surface area contributed by atoms with Crippen molar-refractivity contribution in [1.29, 1.82) is 0 Å². The molecule has 1 aromatic rings. The fourth-order valence-corrected chi connectivity index (χ4v) is 1.37. The first-order chi connectivity index (χ1) is 6.43. The van der Waals surface area contributed by atoms with Gasteiger partial charge in [-0.25, -0.2) is 13.2 Å². The van der Waals surface area contributed by atoms with Crippen LogP contribution in [-0.2, 0) is 11.2 Å². The van der Waals surface area contributed by atoms with Crippen molar-refractivity contribution in [2.24, 2.45) is 0 Å². The monoisotopic (exact) mass is 268 g/mol. The molecule has 14 heavy (non-hydrogen) atoms. The first-order valence-corrected chi connectivity index (χ1v) is 4.26. The summed E-state index contributed by atoms with van der Waals surface area (Å²) in [5, 5.41) is 8.33. The van der Waals surface area contributed by atoms with Gasteiger partial charge in [-0.3, -0.25) is 4.79 Å². The summed E-state index contributed by atoms with van der Waals surface area (Å²) >= 11 is 2.65. The van der Waals surface area contributed by atoms with E-state index in [0.717, 1.165) is 0 Å². The van der Waals surface area contributed by atoms with Crippen molar-refractivity contribution in [2.45, 2.75) is 6.42 Å². The highest BCUT2D eigenvalue weighted by Gasteiger charge is 2.19. The van der Waals surface area contributed by atoms with Gasteiger partial charge in [-0.05, 0) is 22.0 Å². The molecule has 0 atom stereocenters. The molecule has 1 rings (SSSR count). The lowest BCUT2D eigenvalue weighted by Gasteiger charge is -2.04. The average molecular weight is 269 g/mol. The molecule has 1 N–H and O–H groups in total. The number of hydrogen-bond donors (Lipinski definition) is 1. The Hall–Kier alpha value is -1.04. The molecule has 0 spiro atoms. The summed E-state index contributed by atoms with van der Waals surface area (Å²) in [6.45, 7) is 0. The van der Waals surface area contributed by atoms with E-state index in [-0.39, 0.29) is 4.47 Å². The Morgan fingerprint density at radius 2 is 1.93 bits per heavy atom. The smallest absolute Gasteiger partial charge is 0.308 e. The van der Waals surface area contributed by atoms with Gasteiger partial charge in [-0.1, -0.05) is 0 Å². The van der Waals surface area contributed by atoms with Gasteiger partial charge < -0.3 is 5.11 Å². The Labute approximate surface area is 85.5 Å². The maximum absolute atomic E-state index is 13.1. The predicted molar refractivity (Wildman–Crippen MR) is 45.4 cm³/mol. The zero-order chi connectivity index (χ0) is 10.9. The summed E-state index contributed by atoms with van der Waals surface area (Å²) in [7, 11) is 0. The van der Waals surface area contributed by atoms with Crippen LogP contribution in [0.1, 0.15) is 5.56 Å². The van der Waals surface area contributed by atoms with E-state index in [1.807, 2.05) is 0 Å². The first kappa shape index (κ1) is 11.0. The van der Waals surface area contributed by atoms with Gasteiger partial charge in [0, 0.05) is 5.56 Å². The Morgan fingerprint density at radius 1 is 1.36 bits per heavy atom. The van der Waals surface area contributed by atoms with E-state index >= 15 is 0 Å². The van der Waals surface area contributed by atoms with Crippen molar-refractivity contribution in [3.8, 4) is 0 Å². The van der Waals surface area contributed by atoms with E-state index in [0.29, 0.717) is 6.07 Å². The van der Waals surface area contributed by atoms with Crippen molar-refractivity contribution in [3.63, 3.8) is 0 Å². The van der Waals surface area contributed by atoms with Gasteiger partial charge in [0.2, 0.25) is 0 Å². The molecule has 0 aliphatic carbocycles. The third-order valence-electron chi connectivity index (χ3n) is 1.53. The molecule has 0 heterocycles. The molecule has 76 valence electrons. The second-order valence-corrected chi connectivity index (χ2v) is 3.37. The van der Waals surface area contributed by atoms with Crippen LogP contribution in [0.3, 0.4) is 0 Å². The number of carbonyl (C=O) groups is 1. The van der Waals surface area contributed by atoms with Crippen molar-refractivity contribution in [1.82, 2.24) is 0 Å². The van der Waals surface area contributed by atoms with Gasteiger partial charge >= 0.3 is 5.97 Å². The van der Waals surface area contributed by atoms with Gasteiger partial charge in [0.05, 0.1) is 10.9 Å². The van der Waals surface area contributed by atoms with Crippen molar-refractivity contribution < 1.29 is 23.1 Å². The number of carboxylic acids is 1. The highest BCUT2D eigenvalue weighted by molar-refractivity contribution is 9.10. The molecule has 0 aliphatic rings. The summed E-state index contributed by atoms with van der Waals surface area (Å²) in [5.41, 5.74) is -0.788. The molecule has 0 amide bonds. The summed E-state index contributed by atoms with van der Waals surface area (Å²) in [6.07, 6.45) is -0.895. The summed E-state index contributed by atoms with van der Waals surface area (Å²) in [4.78, 5) is 10.2. The second-order valence-electron chi connectivity index (χ2n) is 2.52. The van der Waals surface area contributed by atoms with Crippen LogP contribution in [0, 0.1) is 17.5 Å². The van der Waals surface area contributed by atoms with Crippen LogP contribution in [0.25, 0.3) is 0 Å². The summed E-state index contributed by atoms with van der Waals surface area (Å²) in [6, 6.07) is 0.607. The first-order valence-electron chi connectivity index (χ1n) is 3.47. The largest absolute Gasteiger partial charge is 0.481 e. The molecule has 0 bridgehead atoms. The van der Waals surface area contributed by atoms with Crippen molar-refractivity contribution >= 4 is 21.9 Å². The fraction of sp³-hybridized carbons (Fsp3) is 0.125.